The summed E-state index contributed by atoms with van der Waals surface area (Å²) >= 11 is 1.09. The van der Waals surface area contributed by atoms with E-state index < -0.39 is 22.2 Å². The maximum Gasteiger partial charge on any atom is 0.253 e. The molecule has 1 amide bonds. The molecule has 2 saturated heterocycles. The van der Waals surface area contributed by atoms with Gasteiger partial charge in [0.05, 0.1) is 0 Å². The molecule has 2 aliphatic heterocycles. The van der Waals surface area contributed by atoms with Gasteiger partial charge in [-0.25, -0.2) is 12.8 Å². The van der Waals surface area contributed by atoms with Gasteiger partial charge in [0.2, 0.25) is 5.91 Å². The first kappa shape index (κ1) is 15.9. The highest BCUT2D eigenvalue weighted by atomic mass is 32.2. The van der Waals surface area contributed by atoms with E-state index in [1.807, 2.05) is 0 Å². The average molecular weight is 346 g/mol. The third-order valence-electron chi connectivity index (χ3n) is 4.22. The number of alkyl halides is 1. The van der Waals surface area contributed by atoms with Gasteiger partial charge in [-0.05, 0) is 30.7 Å². The molecule has 0 aliphatic carbocycles. The number of rotatable bonds is 3. The van der Waals surface area contributed by atoms with Crippen LogP contribution in [0.4, 0.5) is 4.39 Å². The fraction of sp³-hybridized carbons (Fsp3) is 0.643. The molecule has 3 rings (SSSR count). The van der Waals surface area contributed by atoms with Crippen LogP contribution in [0.5, 0.6) is 0 Å². The van der Waals surface area contributed by atoms with E-state index in [1.165, 1.54) is 6.07 Å². The highest BCUT2D eigenvalue weighted by Gasteiger charge is 2.45. The quantitative estimate of drug-likeness (QED) is 0.839. The van der Waals surface area contributed by atoms with Gasteiger partial charge < -0.3 is 4.90 Å². The predicted octanol–water partition coefficient (Wildman–Crippen LogP) is 1.86. The SMILES string of the molecule is O=C([C@@H]1C[C@H](F)CN1S(=O)(=O)c1cccs1)N1CCCCC1. The normalized spacial score (nSPS) is 27.2. The fourth-order valence-electron chi connectivity index (χ4n) is 3.10. The molecule has 0 radical (unpaired) electrons. The largest absolute Gasteiger partial charge is 0.341 e. The maximum absolute atomic E-state index is 13.8. The van der Waals surface area contributed by atoms with Crippen LogP contribution in [-0.2, 0) is 14.8 Å². The summed E-state index contributed by atoms with van der Waals surface area (Å²) in [5.41, 5.74) is 0. The van der Waals surface area contributed by atoms with Crippen molar-refractivity contribution < 1.29 is 17.6 Å². The Morgan fingerprint density at radius 2 is 2.00 bits per heavy atom. The second-order valence-corrected chi connectivity index (χ2v) is 8.81. The number of sulfonamides is 1. The molecule has 2 atom stereocenters. The molecule has 1 aromatic heterocycles. The van der Waals surface area contributed by atoms with Crippen LogP contribution < -0.4 is 0 Å². The Kier molecular flexibility index (Phi) is 4.52. The van der Waals surface area contributed by atoms with Crippen molar-refractivity contribution >= 4 is 27.3 Å². The Morgan fingerprint density at radius 3 is 2.64 bits per heavy atom. The molecule has 0 aromatic carbocycles. The summed E-state index contributed by atoms with van der Waals surface area (Å²) in [5.74, 6) is -0.250. The zero-order chi connectivity index (χ0) is 15.7. The molecule has 0 bridgehead atoms. The van der Waals surface area contributed by atoms with Crippen LogP contribution in [0.1, 0.15) is 25.7 Å². The van der Waals surface area contributed by atoms with Crippen molar-refractivity contribution in [3.05, 3.63) is 17.5 Å². The van der Waals surface area contributed by atoms with Crippen molar-refractivity contribution in [1.82, 2.24) is 9.21 Å². The maximum atomic E-state index is 13.8. The molecule has 0 saturated carbocycles. The average Bonchev–Trinajstić information content (AvgIpc) is 3.17. The molecule has 0 unspecified atom stereocenters. The number of nitrogens with zero attached hydrogens (tertiary/aromatic N) is 2. The van der Waals surface area contributed by atoms with Gasteiger partial charge in [0.25, 0.3) is 10.0 Å². The number of carbonyl (C=O) groups excluding carboxylic acids is 1. The van der Waals surface area contributed by atoms with Crippen LogP contribution in [0.25, 0.3) is 0 Å². The number of piperidine rings is 1. The Labute approximate surface area is 133 Å². The predicted molar refractivity (Wildman–Crippen MR) is 81.9 cm³/mol. The molecule has 1 aromatic rings. The van der Waals surface area contributed by atoms with Crippen molar-refractivity contribution in [2.24, 2.45) is 0 Å². The van der Waals surface area contributed by atoms with Gasteiger partial charge in [0.15, 0.2) is 0 Å². The van der Waals surface area contributed by atoms with Crippen LogP contribution in [0, 0.1) is 0 Å². The summed E-state index contributed by atoms with van der Waals surface area (Å²) in [4.78, 5) is 14.3. The minimum absolute atomic E-state index is 0.0417. The Morgan fingerprint density at radius 1 is 1.27 bits per heavy atom. The lowest BCUT2D eigenvalue weighted by Gasteiger charge is -2.31. The number of halogens is 1. The number of likely N-dealkylation sites (tertiary alicyclic amines) is 1. The zero-order valence-corrected chi connectivity index (χ0v) is 13.8. The molecule has 22 heavy (non-hydrogen) atoms. The second-order valence-electron chi connectivity index (χ2n) is 5.74. The van der Waals surface area contributed by atoms with Crippen molar-refractivity contribution in [1.29, 1.82) is 0 Å². The Balaban J connectivity index is 1.84. The molecular formula is C14H19FN2O3S2. The van der Waals surface area contributed by atoms with Gasteiger partial charge in [-0.2, -0.15) is 4.31 Å². The summed E-state index contributed by atoms with van der Waals surface area (Å²) in [7, 11) is -3.80. The number of amides is 1. The van der Waals surface area contributed by atoms with Crippen molar-refractivity contribution in [3.63, 3.8) is 0 Å². The molecule has 0 spiro atoms. The Bertz CT molecular complexity index is 627. The number of carbonyl (C=O) groups is 1. The van der Waals surface area contributed by atoms with Crippen LogP contribution >= 0.6 is 11.3 Å². The lowest BCUT2D eigenvalue weighted by Crippen LogP contribution is -2.49. The number of hydrogen-bond acceptors (Lipinski definition) is 4. The van der Waals surface area contributed by atoms with Crippen LogP contribution in [0.3, 0.4) is 0 Å². The summed E-state index contributed by atoms with van der Waals surface area (Å²) in [6.07, 6.45) is 1.61. The van der Waals surface area contributed by atoms with Crippen molar-refractivity contribution in [3.8, 4) is 0 Å². The van der Waals surface area contributed by atoms with Gasteiger partial charge in [-0.15, -0.1) is 11.3 Å². The summed E-state index contributed by atoms with van der Waals surface area (Å²) < 4.78 is 40.3. The third kappa shape index (κ3) is 2.91. The van der Waals surface area contributed by atoms with E-state index >= 15 is 0 Å². The third-order valence-corrected chi connectivity index (χ3v) is 7.46. The van der Waals surface area contributed by atoms with E-state index in [9.17, 15) is 17.6 Å². The minimum Gasteiger partial charge on any atom is -0.341 e. The lowest BCUT2D eigenvalue weighted by atomic mass is 10.1. The van der Waals surface area contributed by atoms with Gasteiger partial charge >= 0.3 is 0 Å². The van der Waals surface area contributed by atoms with Crippen LogP contribution in [-0.4, -0.2) is 55.4 Å². The van der Waals surface area contributed by atoms with E-state index in [0.29, 0.717) is 13.1 Å². The number of hydrogen-bond donors (Lipinski definition) is 0. The second kappa shape index (κ2) is 6.25. The van der Waals surface area contributed by atoms with E-state index in [1.54, 1.807) is 16.3 Å². The highest BCUT2D eigenvalue weighted by Crippen LogP contribution is 2.31. The smallest absolute Gasteiger partial charge is 0.253 e. The fourth-order valence-corrected chi connectivity index (χ4v) is 5.84. The van der Waals surface area contributed by atoms with Crippen LogP contribution in [0.15, 0.2) is 21.7 Å². The first-order valence-corrected chi connectivity index (χ1v) is 9.80. The molecule has 3 heterocycles. The van der Waals surface area contributed by atoms with Crippen molar-refractivity contribution in [2.75, 3.05) is 19.6 Å². The van der Waals surface area contributed by atoms with E-state index in [0.717, 1.165) is 34.9 Å². The first-order valence-electron chi connectivity index (χ1n) is 7.48. The molecule has 5 nitrogen and oxygen atoms in total. The molecular weight excluding hydrogens is 327 g/mol. The standard InChI is InChI=1S/C14H19FN2O3S2/c15-11-9-12(14(18)16-6-2-1-3-7-16)17(10-11)22(19,20)13-5-4-8-21-13/h4-5,8,11-12H,1-3,6-7,9-10H2/t11-,12-/m0/s1. The molecule has 2 aliphatic rings. The zero-order valence-electron chi connectivity index (χ0n) is 12.2. The first-order chi connectivity index (χ1) is 10.5. The van der Waals surface area contributed by atoms with Gasteiger partial charge in [0, 0.05) is 26.1 Å². The van der Waals surface area contributed by atoms with Crippen LogP contribution in [0.2, 0.25) is 0 Å². The summed E-state index contributed by atoms with van der Waals surface area (Å²) in [6, 6.07) is 2.23. The highest BCUT2D eigenvalue weighted by molar-refractivity contribution is 7.91. The summed E-state index contributed by atoms with van der Waals surface area (Å²) in [6.45, 7) is 1.04. The van der Waals surface area contributed by atoms with E-state index in [2.05, 4.69) is 0 Å². The molecule has 8 heteroatoms. The molecule has 0 N–H and O–H groups in total. The Hall–Kier alpha value is -0.990. The minimum atomic E-state index is -3.80. The number of thiophene rings is 1. The molecule has 2 fully saturated rings. The van der Waals surface area contributed by atoms with Crippen molar-refractivity contribution in [2.45, 2.75) is 42.1 Å². The monoisotopic (exact) mass is 346 g/mol. The molecule has 122 valence electrons. The van der Waals surface area contributed by atoms with Gasteiger partial charge in [0.1, 0.15) is 16.4 Å². The van der Waals surface area contributed by atoms with Gasteiger partial charge in [-0.3, -0.25) is 4.79 Å². The van der Waals surface area contributed by atoms with E-state index in [-0.39, 0.29) is 23.1 Å². The van der Waals surface area contributed by atoms with Gasteiger partial charge in [-0.1, -0.05) is 6.07 Å². The lowest BCUT2D eigenvalue weighted by molar-refractivity contribution is -0.135. The summed E-state index contributed by atoms with van der Waals surface area (Å²) in [5, 5.41) is 1.66. The van der Waals surface area contributed by atoms with E-state index in [4.69, 9.17) is 0 Å². The topological polar surface area (TPSA) is 57.7 Å².